The molecule has 0 saturated heterocycles. The third kappa shape index (κ3) is 85.0. The van der Waals surface area contributed by atoms with Gasteiger partial charge in [0.25, 0.3) is 0 Å². The van der Waals surface area contributed by atoms with Crippen LogP contribution in [-0.2, 0) is 122 Å². The second kappa shape index (κ2) is 82.6. The Labute approximate surface area is 732 Å². The van der Waals surface area contributed by atoms with Crippen LogP contribution in [0.4, 0.5) is 8.78 Å². The maximum Gasteiger partial charge on any atom is 0.500 e. The third-order valence-corrected chi connectivity index (χ3v) is 27.4. The number of halogens is 4. The molecule has 0 radical (unpaired) electrons. The fourth-order valence-corrected chi connectivity index (χ4v) is 17.6. The highest BCUT2D eigenvalue weighted by Crippen LogP contribution is 2.28. The molecule has 36 heteroatoms. The molecule has 0 heterocycles. The quantitative estimate of drug-likeness (QED) is 0.0191. The molecule has 0 bridgehead atoms. The fourth-order valence-electron chi connectivity index (χ4n) is 10.4. The van der Waals surface area contributed by atoms with Crippen molar-refractivity contribution >= 4 is 98.1 Å². The van der Waals surface area contributed by atoms with E-state index in [0.29, 0.717) is 130 Å². The summed E-state index contributed by atoms with van der Waals surface area (Å²) in [6.45, 7) is 60.9. The number of rotatable bonds is 68. The van der Waals surface area contributed by atoms with Crippen LogP contribution >= 0.6 is 0 Å². The van der Waals surface area contributed by atoms with Gasteiger partial charge >= 0.3 is 41.2 Å². The van der Waals surface area contributed by atoms with Gasteiger partial charge in [0.05, 0.1) is 127 Å². The van der Waals surface area contributed by atoms with E-state index in [9.17, 15) is 28.0 Å². The molecular weight excluding hydrogens is 1730 g/mol. The summed E-state index contributed by atoms with van der Waals surface area (Å²) >= 11 is 0. The van der Waals surface area contributed by atoms with Crippen LogP contribution in [0.15, 0.2) is 0 Å². The van der Waals surface area contributed by atoms with Crippen LogP contribution < -0.4 is 34.0 Å². The van der Waals surface area contributed by atoms with E-state index in [2.05, 4.69) is 81.3 Å². The smallest absolute Gasteiger partial charge is 0.500 e. The average Bonchev–Trinajstić information content (AvgIpc) is 0.888. The first kappa shape index (κ1) is 135. The van der Waals surface area contributed by atoms with Crippen molar-refractivity contribution in [3.8, 4) is 0 Å². The Balaban J connectivity index is -0.000000215. The van der Waals surface area contributed by atoms with E-state index in [1.165, 1.54) is 0 Å². The molecule has 0 fully saturated rings. The van der Waals surface area contributed by atoms with Crippen molar-refractivity contribution in [3.05, 3.63) is 0 Å². The molecule has 0 spiro atoms. The summed E-state index contributed by atoms with van der Waals surface area (Å²) < 4.78 is 122. The van der Waals surface area contributed by atoms with E-state index in [1.54, 1.807) is 7.11 Å². The predicted octanol–water partition coefficient (Wildman–Crippen LogP) is 7.21. The lowest BCUT2D eigenvalue weighted by atomic mass is 9.92. The number of quaternary nitrogens is 2. The predicted molar refractivity (Wildman–Crippen MR) is 458 cm³/mol. The molecule has 0 N–H and O–H groups in total. The van der Waals surface area contributed by atoms with Crippen LogP contribution in [0.2, 0.25) is 70.0 Å². The van der Waals surface area contributed by atoms with Crippen LogP contribution in [0.5, 0.6) is 0 Å². The first-order valence-corrected chi connectivity index (χ1v) is 52.4. The Bertz CT molecular complexity index is 2270. The zero-order chi connectivity index (χ0) is 90.6. The third-order valence-electron chi connectivity index (χ3n) is 17.7. The number of carbonyl (C=O) groups is 10. The lowest BCUT2D eigenvalue weighted by Gasteiger charge is -2.33. The molecule has 28 nitrogen and oxygen atoms in total. The average molecular weight is 1900 g/mol. The number of methoxy groups -OCH3 is 1. The van der Waals surface area contributed by atoms with E-state index in [-0.39, 0.29) is 130 Å². The Morgan fingerprint density at radius 1 is 0.342 bits per heavy atom. The number of alkyl halides is 2. The summed E-state index contributed by atoms with van der Waals surface area (Å²) in [5.74, 6) is -1.08. The summed E-state index contributed by atoms with van der Waals surface area (Å²) in [5, 5.41) is 0. The molecule has 0 aromatic carbocycles. The van der Waals surface area contributed by atoms with Gasteiger partial charge in [-0.2, -0.15) is 0 Å². The van der Waals surface area contributed by atoms with Gasteiger partial charge in [0, 0.05) is 135 Å². The molecule has 0 saturated carbocycles. The maximum absolute atomic E-state index is 12.9. The minimum Gasteiger partial charge on any atom is -1.00 e. The molecule has 4 atom stereocenters. The topological polar surface area (TPSA) is 318 Å². The summed E-state index contributed by atoms with van der Waals surface area (Å²) in [6, 6.07) is 3.19. The molecule has 0 aromatic heterocycles. The van der Waals surface area contributed by atoms with Crippen LogP contribution in [0, 0.1) is 21.7 Å². The summed E-state index contributed by atoms with van der Waals surface area (Å²) in [6.07, 6.45) is 5.42. The minimum atomic E-state index is -2.78. The van der Waals surface area contributed by atoms with Gasteiger partial charge < -0.3 is 146 Å². The summed E-state index contributed by atoms with van der Waals surface area (Å²) in [4.78, 5) is 99.0. The van der Waals surface area contributed by atoms with Crippen molar-refractivity contribution in [2.24, 2.45) is 21.7 Å². The number of carbonyl (C=O) groups excluding carboxylic acids is 10. The molecular formula is C81H168Br2F2N2O26Si4. The highest BCUT2D eigenvalue weighted by molar-refractivity contribution is 6.76. The lowest BCUT2D eigenvalue weighted by Crippen LogP contribution is -3.00. The van der Waals surface area contributed by atoms with E-state index in [1.807, 2.05) is 110 Å². The fraction of sp³-hybridized carbons (Fsp3) is 0.877. The van der Waals surface area contributed by atoms with Crippen molar-refractivity contribution < 1.29 is 174 Å². The molecule has 0 amide bonds. The number of ether oxygens (including phenoxy) is 11. The van der Waals surface area contributed by atoms with Gasteiger partial charge in [0.15, 0.2) is 0 Å². The zero-order valence-corrected chi connectivity index (χ0v) is 84.4. The van der Waals surface area contributed by atoms with Crippen molar-refractivity contribution in [1.82, 2.24) is 0 Å². The Kier molecular flexibility index (Phi) is 95.1. The molecule has 0 aliphatic carbocycles. The van der Waals surface area contributed by atoms with Crippen molar-refractivity contribution in [1.29, 1.82) is 0 Å². The summed E-state index contributed by atoms with van der Waals surface area (Å²) in [7, 11) is 2.78. The van der Waals surface area contributed by atoms with Gasteiger partial charge in [-0.25, -0.2) is 8.78 Å². The molecule has 0 aromatic rings. The molecule has 702 valence electrons. The van der Waals surface area contributed by atoms with Crippen molar-refractivity contribution in [3.63, 3.8) is 0 Å². The Morgan fingerprint density at radius 3 is 0.915 bits per heavy atom. The van der Waals surface area contributed by atoms with Gasteiger partial charge in [-0.05, 0) is 106 Å². The van der Waals surface area contributed by atoms with Gasteiger partial charge in [-0.15, -0.1) is 0 Å². The largest absolute Gasteiger partial charge is 1.00 e. The van der Waals surface area contributed by atoms with E-state index < -0.39 is 61.6 Å². The van der Waals surface area contributed by atoms with E-state index in [4.69, 9.17) is 103 Å². The van der Waals surface area contributed by atoms with E-state index in [0.717, 1.165) is 85.8 Å². The standard InChI is InChI=1S/C40H82F2NO10Si2.C35H74NO10Si2.6CH2O.2BrH/c1-12-43(7,8)25-18-19-26-46-30-39(5,34-49-38(45)23-17-21-29-55(51-13-2,52-14-3)53-15-4)32-48-33-40(6,31-47-27-24-36(41)42)35-50-37(44)22-16-20-28-54(9,10)11;1-13-36(6,7)20-16-17-21-40-26-34(4,30-44-33(38)19-25-48(12,45-14-2)46-15-3)28-42-29-35(5,27-41-23-22-39-8)31-43-32(37)18-24-47(9,10)11;6*1-2;;/h36H,12-35H2,1-11H3;13-31H2,1-12H3;6*1H2;2*1H/q2*+1;;;;;;;;/p-2. The van der Waals surface area contributed by atoms with Gasteiger partial charge in [-0.3, -0.25) is 19.2 Å². The Hall–Kier alpha value is -2.97. The highest BCUT2D eigenvalue weighted by atomic mass is 79.9. The van der Waals surface area contributed by atoms with Crippen molar-refractivity contribution in [2.45, 2.75) is 236 Å². The molecule has 117 heavy (non-hydrogen) atoms. The lowest BCUT2D eigenvalue weighted by molar-refractivity contribution is -0.888. The van der Waals surface area contributed by atoms with Gasteiger partial charge in [0.2, 0.25) is 6.43 Å². The first-order chi connectivity index (χ1) is 54.1. The van der Waals surface area contributed by atoms with E-state index >= 15 is 0 Å². The van der Waals surface area contributed by atoms with Crippen LogP contribution in [0.3, 0.4) is 0 Å². The zero-order valence-electron chi connectivity index (χ0n) is 77.2. The SMILES string of the molecule is C=O.C=O.C=O.C=O.C=O.C=O.CCO[Si](C)(CCC(=O)OCC(C)(COCCCC[N+](C)(C)CC)COCC(C)(COCCOC)COC(=O)CC[Si](C)(C)C)OCC.CCO[Si](CCCCC(=O)OCC(C)(COCCCC[N+](C)(C)CC)COCC(C)(COCCC(F)F)COC(=O)CCCC[Si](C)(C)C)(OCC)OCC.[Br-].[Br-]. The van der Waals surface area contributed by atoms with Gasteiger partial charge in [0.1, 0.15) is 67.2 Å². The maximum atomic E-state index is 12.9. The van der Waals surface area contributed by atoms with Gasteiger partial charge in [-0.1, -0.05) is 79.4 Å². The normalized spacial score (nSPS) is 13.4. The number of esters is 4. The number of nitrogens with zero attached hydrogens (tertiary/aromatic N) is 2. The molecule has 4 unspecified atom stereocenters. The van der Waals surface area contributed by atoms with Crippen molar-refractivity contribution in [2.75, 3.05) is 207 Å². The molecule has 0 aliphatic heterocycles. The second-order valence-electron chi connectivity index (χ2n) is 33.1. The minimum absolute atomic E-state index is 0. The van der Waals surface area contributed by atoms with Crippen LogP contribution in [-0.4, -0.2) is 320 Å². The molecule has 0 rings (SSSR count). The Morgan fingerprint density at radius 2 is 0.624 bits per heavy atom. The number of hydrogen-bond donors (Lipinski definition) is 0. The number of unbranched alkanes of at least 4 members (excludes halogenated alkanes) is 4. The first-order valence-electron chi connectivity index (χ1n) is 40.6. The summed E-state index contributed by atoms with van der Waals surface area (Å²) in [5.41, 5.74) is -2.60. The number of hydrogen-bond acceptors (Lipinski definition) is 26. The van der Waals surface area contributed by atoms with Crippen LogP contribution in [0.1, 0.15) is 160 Å². The highest BCUT2D eigenvalue weighted by Gasteiger charge is 2.40. The second-order valence-corrected chi connectivity index (χ2v) is 50.5. The monoisotopic (exact) mass is 1890 g/mol. The van der Waals surface area contributed by atoms with Crippen LogP contribution in [0.25, 0.3) is 0 Å². The molecule has 0 aliphatic rings.